The van der Waals surface area contributed by atoms with Crippen LogP contribution < -0.4 is 5.73 Å². The molecule has 0 fully saturated rings. The average Bonchev–Trinajstić information content (AvgIpc) is 2.82. The van der Waals surface area contributed by atoms with Crippen molar-refractivity contribution in [2.24, 2.45) is 0 Å². The van der Waals surface area contributed by atoms with E-state index in [2.05, 4.69) is 5.10 Å². The number of nitrogen functional groups attached to an aromatic ring is 1. The number of rotatable bonds is 3. The van der Waals surface area contributed by atoms with Gasteiger partial charge in [-0.1, -0.05) is 23.2 Å². The fraction of sp³-hybridized carbons (Fsp3) is 0.286. The number of anilines is 1. The van der Waals surface area contributed by atoms with Gasteiger partial charge in [0.25, 0.3) is 0 Å². The maximum absolute atomic E-state index is 12.9. The van der Waals surface area contributed by atoms with Crippen molar-refractivity contribution in [3.63, 3.8) is 0 Å². The fourth-order valence-electron chi connectivity index (χ4n) is 2.19. The van der Waals surface area contributed by atoms with Crippen LogP contribution in [0.1, 0.15) is 18.2 Å². The Morgan fingerprint density at radius 2 is 1.85 bits per heavy atom. The van der Waals surface area contributed by atoms with Gasteiger partial charge in [-0.3, -0.25) is 4.21 Å². The molecule has 0 bridgehead atoms. The van der Waals surface area contributed by atoms with Crippen molar-refractivity contribution < 1.29 is 22.1 Å². The Bertz CT molecular complexity index is 914. The molecule has 0 aliphatic rings. The number of hydrogen-bond acceptors (Lipinski definition) is 4. The number of benzene rings is 1. The van der Waals surface area contributed by atoms with Gasteiger partial charge in [-0.15, -0.1) is 0 Å². The highest BCUT2D eigenvalue weighted by molar-refractivity contribution is 7.84. The lowest BCUT2D eigenvalue weighted by atomic mass is 10.2. The largest absolute Gasteiger partial charge is 0.624 e. The highest BCUT2D eigenvalue weighted by Crippen LogP contribution is 2.39. The normalized spacial score (nSPS) is 14.3. The fourth-order valence-corrected chi connectivity index (χ4v) is 3.68. The summed E-state index contributed by atoms with van der Waals surface area (Å²) in [5.41, 5.74) is 4.97. The zero-order chi connectivity index (χ0) is 20.0. The summed E-state index contributed by atoms with van der Waals surface area (Å²) in [4.78, 5) is 0.0530. The second-order valence-corrected chi connectivity index (χ2v) is 7.43. The van der Waals surface area contributed by atoms with Crippen LogP contribution in [0.25, 0.3) is 5.69 Å². The van der Waals surface area contributed by atoms with Gasteiger partial charge in [0.1, 0.15) is 23.4 Å². The third-order valence-electron chi connectivity index (χ3n) is 3.53. The van der Waals surface area contributed by atoms with E-state index < -0.39 is 22.5 Å². The Kier molecular flexibility index (Phi) is 5.60. The Balaban J connectivity index is 2.81. The van der Waals surface area contributed by atoms with E-state index in [1.165, 1.54) is 20.2 Å². The molecule has 0 aliphatic heterocycles. The first-order valence-corrected chi connectivity index (χ1v) is 9.21. The van der Waals surface area contributed by atoms with E-state index in [1.807, 2.05) is 0 Å². The minimum absolute atomic E-state index is 0.0351. The molecule has 0 saturated heterocycles. The standard InChI is InChI=1S/C14H13Cl2F3N4O2S/c1-6(22(2)24)10-12(26(3)25)13(20)23(21-10)11-8(15)4-7(5-9(11)16)14(17,18)19/h4-5H,20H2,1-3H3. The summed E-state index contributed by atoms with van der Waals surface area (Å²) >= 11 is 11.9. The van der Waals surface area contributed by atoms with Gasteiger partial charge >= 0.3 is 6.18 Å². The van der Waals surface area contributed by atoms with Gasteiger partial charge < -0.3 is 10.9 Å². The Morgan fingerprint density at radius 3 is 2.23 bits per heavy atom. The summed E-state index contributed by atoms with van der Waals surface area (Å²) in [5.74, 6) is -0.148. The Morgan fingerprint density at radius 1 is 1.35 bits per heavy atom. The van der Waals surface area contributed by atoms with Gasteiger partial charge in [0.15, 0.2) is 5.69 Å². The minimum Gasteiger partial charge on any atom is -0.624 e. The molecule has 0 spiro atoms. The van der Waals surface area contributed by atoms with Crippen LogP contribution in [0.5, 0.6) is 0 Å². The quantitative estimate of drug-likeness (QED) is 0.351. The predicted octanol–water partition coefficient (Wildman–Crippen LogP) is 3.47. The lowest BCUT2D eigenvalue weighted by Crippen LogP contribution is -2.12. The molecular weight excluding hydrogens is 416 g/mol. The maximum Gasteiger partial charge on any atom is 0.416 e. The number of nitrogens with two attached hydrogens (primary N) is 1. The van der Waals surface area contributed by atoms with Gasteiger partial charge in [-0.05, 0) is 12.1 Å². The summed E-state index contributed by atoms with van der Waals surface area (Å²) < 4.78 is 52.2. The van der Waals surface area contributed by atoms with E-state index >= 15 is 0 Å². The van der Waals surface area contributed by atoms with Crippen LogP contribution in [0.2, 0.25) is 10.0 Å². The van der Waals surface area contributed by atoms with Gasteiger partial charge in [0.2, 0.25) is 5.71 Å². The third kappa shape index (κ3) is 3.67. The zero-order valence-corrected chi connectivity index (χ0v) is 16.0. The van der Waals surface area contributed by atoms with Gasteiger partial charge in [-0.2, -0.15) is 18.3 Å². The summed E-state index contributed by atoms with van der Waals surface area (Å²) in [6.07, 6.45) is -3.31. The zero-order valence-electron chi connectivity index (χ0n) is 13.7. The lowest BCUT2D eigenvalue weighted by molar-refractivity contribution is -0.422. The van der Waals surface area contributed by atoms with Crippen molar-refractivity contribution in [1.82, 2.24) is 9.78 Å². The molecule has 1 aromatic heterocycles. The monoisotopic (exact) mass is 428 g/mol. The lowest BCUT2D eigenvalue weighted by Gasteiger charge is -2.13. The molecule has 142 valence electrons. The molecule has 12 heteroatoms. The van der Waals surface area contributed by atoms with E-state index in [0.29, 0.717) is 16.9 Å². The van der Waals surface area contributed by atoms with Crippen LogP contribution in [0.4, 0.5) is 19.0 Å². The van der Waals surface area contributed by atoms with Gasteiger partial charge in [0.05, 0.1) is 26.4 Å². The molecule has 0 saturated carbocycles. The number of hydroxylamine groups is 1. The van der Waals surface area contributed by atoms with E-state index in [0.717, 1.165) is 4.68 Å². The maximum atomic E-state index is 12.9. The molecule has 6 nitrogen and oxygen atoms in total. The van der Waals surface area contributed by atoms with Crippen molar-refractivity contribution in [2.75, 3.05) is 19.0 Å². The van der Waals surface area contributed by atoms with E-state index in [9.17, 15) is 22.6 Å². The van der Waals surface area contributed by atoms with Crippen LogP contribution in [0.15, 0.2) is 17.0 Å². The SMILES string of the molecule is CC(c1nn(-c2c(Cl)cc(C(F)(F)F)cc2Cl)c(N)c1S(C)=O)=[N+](C)[O-]. The first-order valence-electron chi connectivity index (χ1n) is 6.89. The minimum atomic E-state index is -4.64. The second kappa shape index (κ2) is 7.09. The van der Waals surface area contributed by atoms with Crippen LogP contribution >= 0.6 is 23.2 Å². The topological polar surface area (TPSA) is 87.0 Å². The van der Waals surface area contributed by atoms with Gasteiger partial charge in [0, 0.05) is 13.2 Å². The van der Waals surface area contributed by atoms with Crippen molar-refractivity contribution in [3.8, 4) is 5.69 Å². The first-order chi connectivity index (χ1) is 11.9. The molecule has 0 aliphatic carbocycles. The number of halogens is 5. The highest BCUT2D eigenvalue weighted by atomic mass is 35.5. The Hall–Kier alpha value is -1.78. The molecule has 1 atom stereocenters. The molecule has 1 heterocycles. The summed E-state index contributed by atoms with van der Waals surface area (Å²) in [6, 6.07) is 1.37. The number of hydrogen-bond donors (Lipinski definition) is 1. The highest BCUT2D eigenvalue weighted by Gasteiger charge is 2.33. The van der Waals surface area contributed by atoms with E-state index in [1.54, 1.807) is 0 Å². The van der Waals surface area contributed by atoms with Crippen molar-refractivity contribution in [2.45, 2.75) is 18.0 Å². The van der Waals surface area contributed by atoms with Crippen molar-refractivity contribution in [1.29, 1.82) is 0 Å². The Labute approximate surface area is 159 Å². The van der Waals surface area contributed by atoms with Crippen molar-refractivity contribution >= 4 is 45.5 Å². The molecule has 1 unspecified atom stereocenters. The predicted molar refractivity (Wildman–Crippen MR) is 94.7 cm³/mol. The third-order valence-corrected chi connectivity index (χ3v) is 5.09. The van der Waals surface area contributed by atoms with Crippen LogP contribution in [-0.2, 0) is 17.0 Å². The molecule has 2 rings (SSSR count). The smallest absolute Gasteiger partial charge is 0.416 e. The molecule has 1 aromatic carbocycles. The van der Waals surface area contributed by atoms with E-state index in [4.69, 9.17) is 28.9 Å². The van der Waals surface area contributed by atoms with E-state index in [-0.39, 0.29) is 37.9 Å². The van der Waals surface area contributed by atoms with Crippen LogP contribution in [0.3, 0.4) is 0 Å². The molecule has 2 aromatic rings. The molecule has 0 amide bonds. The van der Waals surface area contributed by atoms with Gasteiger partial charge in [-0.25, -0.2) is 9.42 Å². The summed E-state index contributed by atoms with van der Waals surface area (Å²) in [5, 5.41) is 15.0. The number of aromatic nitrogens is 2. The summed E-state index contributed by atoms with van der Waals surface area (Å²) in [6.45, 7) is 1.44. The summed E-state index contributed by atoms with van der Waals surface area (Å²) in [7, 11) is -0.421. The average molecular weight is 429 g/mol. The molecule has 26 heavy (non-hydrogen) atoms. The molecular formula is C14H13Cl2F3N4O2S. The van der Waals surface area contributed by atoms with Crippen molar-refractivity contribution in [3.05, 3.63) is 38.6 Å². The van der Waals surface area contributed by atoms with Crippen LogP contribution in [-0.4, -0.2) is 37.7 Å². The second-order valence-electron chi connectivity index (χ2n) is 5.30. The number of alkyl halides is 3. The molecule has 0 radical (unpaired) electrons. The van der Waals surface area contributed by atoms with Crippen LogP contribution in [0, 0.1) is 5.21 Å². The molecule has 2 N–H and O–H groups in total. The first kappa shape index (κ1) is 20.5. The number of nitrogens with zero attached hydrogens (tertiary/aromatic N) is 3.